The number of allylic oxidation sites excluding steroid dienone is 11. The fourth-order valence-electron chi connectivity index (χ4n) is 5.14. The summed E-state index contributed by atoms with van der Waals surface area (Å²) in [6.45, 7) is 2.55. The van der Waals surface area contributed by atoms with Crippen LogP contribution in [0.15, 0.2) is 72.9 Å². The molecule has 0 aromatic carbocycles. The molecule has 13 heteroatoms. The zero-order valence-corrected chi connectivity index (χ0v) is 35.7. The lowest BCUT2D eigenvalue weighted by Gasteiger charge is -2.20. The molecule has 0 rings (SSSR count). The summed E-state index contributed by atoms with van der Waals surface area (Å²) in [5.41, 5.74) is 5.32. The maximum atomic E-state index is 12.6. The first-order valence-electron chi connectivity index (χ1n) is 21.1. The lowest BCUT2D eigenvalue weighted by Crippen LogP contribution is -2.34. The molecule has 1 unspecified atom stereocenters. The van der Waals surface area contributed by atoms with Crippen molar-refractivity contribution in [2.75, 3.05) is 19.8 Å². The molecule has 12 nitrogen and oxygen atoms in total. The van der Waals surface area contributed by atoms with Gasteiger partial charge in [-0.1, -0.05) is 138 Å². The van der Waals surface area contributed by atoms with Gasteiger partial charge in [-0.25, -0.2) is 4.57 Å². The third-order valence-electron chi connectivity index (χ3n) is 8.53. The summed E-state index contributed by atoms with van der Waals surface area (Å²) >= 11 is 0. The monoisotopic (exact) mass is 823 g/mol. The summed E-state index contributed by atoms with van der Waals surface area (Å²) in [6.07, 6.45) is 41.5. The van der Waals surface area contributed by atoms with Crippen molar-refractivity contribution in [3.05, 3.63) is 72.9 Å². The first-order valence-corrected chi connectivity index (χ1v) is 22.6. The molecule has 0 heterocycles. The van der Waals surface area contributed by atoms with Crippen LogP contribution in [-0.4, -0.2) is 71.1 Å². The Balaban J connectivity index is 4.57. The van der Waals surface area contributed by atoms with Crippen molar-refractivity contribution >= 4 is 25.7 Å². The molecule has 0 bridgehead atoms. The molecule has 0 radical (unpaired) electrons. The average molecular weight is 824 g/mol. The van der Waals surface area contributed by atoms with Crippen molar-refractivity contribution in [2.24, 2.45) is 5.73 Å². The highest BCUT2D eigenvalue weighted by atomic mass is 31.2. The van der Waals surface area contributed by atoms with Crippen LogP contribution in [0.5, 0.6) is 0 Å². The van der Waals surface area contributed by atoms with Gasteiger partial charge in [0.2, 0.25) is 0 Å². The maximum Gasteiger partial charge on any atom is 0.472 e. The summed E-state index contributed by atoms with van der Waals surface area (Å²) in [4.78, 5) is 45.9. The minimum atomic E-state index is -4.75. The van der Waals surface area contributed by atoms with Crippen molar-refractivity contribution in [3.8, 4) is 0 Å². The number of aliphatic hydroxyl groups excluding tert-OH is 1. The quantitative estimate of drug-likeness (QED) is 0.0152. The number of aliphatic carboxylic acids is 1. The minimum absolute atomic E-state index is 0.0585. The lowest BCUT2D eigenvalue weighted by molar-refractivity contribution is -0.161. The molecule has 0 aliphatic rings. The van der Waals surface area contributed by atoms with E-state index in [1.165, 1.54) is 19.3 Å². The maximum absolute atomic E-state index is 12.6. The average Bonchev–Trinajstić information content (AvgIpc) is 3.18. The SMILES string of the molecule is CCCCC/C=C\C/C=C\CCCCCCCC(=O)OC[C@H](COP(=O)(O)OC[C@H](N)C(=O)O)OC(=O)CCC/C=C\C/C=C\C/C=C\C=C\[C@@H](O)CCCCC. The fourth-order valence-corrected chi connectivity index (χ4v) is 5.92. The Morgan fingerprint density at radius 1 is 0.632 bits per heavy atom. The van der Waals surface area contributed by atoms with Gasteiger partial charge in [-0.15, -0.1) is 0 Å². The van der Waals surface area contributed by atoms with Gasteiger partial charge >= 0.3 is 25.7 Å². The molecule has 0 saturated carbocycles. The second kappa shape index (κ2) is 38.4. The highest BCUT2D eigenvalue weighted by Gasteiger charge is 2.28. The largest absolute Gasteiger partial charge is 0.480 e. The molecule has 0 amide bonds. The zero-order chi connectivity index (χ0) is 42.2. The number of aliphatic hydroxyl groups is 1. The Bertz CT molecular complexity index is 1260. The number of ether oxygens (including phenoxy) is 2. The van der Waals surface area contributed by atoms with Crippen LogP contribution in [0.4, 0.5) is 0 Å². The first kappa shape index (κ1) is 53.9. The predicted molar refractivity (Wildman–Crippen MR) is 227 cm³/mol. The third kappa shape index (κ3) is 38.2. The summed E-state index contributed by atoms with van der Waals surface area (Å²) in [5.74, 6) is -2.51. The molecule has 0 spiro atoms. The molecule has 0 aliphatic heterocycles. The predicted octanol–water partition coefficient (Wildman–Crippen LogP) is 9.92. The first-order chi connectivity index (χ1) is 27.5. The molecule has 0 saturated heterocycles. The number of nitrogens with two attached hydrogens (primary N) is 1. The molecule has 0 aromatic rings. The van der Waals surface area contributed by atoms with Crippen LogP contribution in [0.1, 0.15) is 149 Å². The van der Waals surface area contributed by atoms with Crippen molar-refractivity contribution in [3.63, 3.8) is 0 Å². The normalized spacial score (nSPS) is 15.0. The van der Waals surface area contributed by atoms with Crippen LogP contribution in [0.25, 0.3) is 0 Å². The number of phosphoric acid groups is 1. The summed E-state index contributed by atoms with van der Waals surface area (Å²) in [7, 11) is -4.75. The van der Waals surface area contributed by atoms with E-state index in [4.69, 9.17) is 24.8 Å². The van der Waals surface area contributed by atoms with E-state index >= 15 is 0 Å². The van der Waals surface area contributed by atoms with Crippen LogP contribution in [0, 0.1) is 0 Å². The van der Waals surface area contributed by atoms with E-state index in [0.29, 0.717) is 19.3 Å². The number of phosphoric ester groups is 1. The van der Waals surface area contributed by atoms with E-state index in [2.05, 4.69) is 42.7 Å². The number of esters is 2. The Labute approximate surface area is 343 Å². The van der Waals surface area contributed by atoms with Gasteiger partial charge in [-0.2, -0.15) is 0 Å². The van der Waals surface area contributed by atoms with Gasteiger partial charge in [0.05, 0.1) is 19.3 Å². The molecule has 4 atom stereocenters. The summed E-state index contributed by atoms with van der Waals surface area (Å²) in [5, 5.41) is 18.8. The Hall–Kier alpha value is -3.12. The Kier molecular flexibility index (Phi) is 36.3. The van der Waals surface area contributed by atoms with E-state index < -0.39 is 63.8 Å². The molecule has 57 heavy (non-hydrogen) atoms. The van der Waals surface area contributed by atoms with E-state index in [1.54, 1.807) is 0 Å². The summed E-state index contributed by atoms with van der Waals surface area (Å²) in [6, 6.07) is -1.54. The second-order valence-electron chi connectivity index (χ2n) is 14.0. The number of carbonyl (C=O) groups excluding carboxylic acids is 2. The van der Waals surface area contributed by atoms with Crippen molar-refractivity contribution in [1.29, 1.82) is 0 Å². The van der Waals surface area contributed by atoms with Gasteiger partial charge in [0.25, 0.3) is 0 Å². The van der Waals surface area contributed by atoms with Crippen LogP contribution in [0.2, 0.25) is 0 Å². The fraction of sp³-hybridized carbons (Fsp3) is 0.659. The molecular formula is C44H74NO11P. The Morgan fingerprint density at radius 2 is 1.16 bits per heavy atom. The topological polar surface area (TPSA) is 192 Å². The number of hydrogen-bond donors (Lipinski definition) is 4. The van der Waals surface area contributed by atoms with Gasteiger partial charge in [0.15, 0.2) is 6.10 Å². The van der Waals surface area contributed by atoms with E-state index in [0.717, 1.165) is 83.5 Å². The van der Waals surface area contributed by atoms with Crippen LogP contribution < -0.4 is 5.73 Å². The number of hydrogen-bond acceptors (Lipinski definition) is 10. The minimum Gasteiger partial charge on any atom is -0.480 e. The molecular weight excluding hydrogens is 749 g/mol. The number of carbonyl (C=O) groups is 3. The molecule has 0 fully saturated rings. The van der Waals surface area contributed by atoms with Gasteiger partial charge in [-0.3, -0.25) is 23.4 Å². The smallest absolute Gasteiger partial charge is 0.472 e. The van der Waals surface area contributed by atoms with Crippen LogP contribution in [0.3, 0.4) is 0 Å². The van der Waals surface area contributed by atoms with Crippen LogP contribution >= 0.6 is 7.82 Å². The molecule has 0 aliphatic carbocycles. The Morgan fingerprint density at radius 3 is 1.81 bits per heavy atom. The van der Waals surface area contributed by atoms with E-state index in [9.17, 15) is 28.9 Å². The standard InChI is InChI=1S/C44H74NO11P/c1-3-5-7-8-9-10-11-12-13-14-17-20-23-26-30-34-42(47)53-36-40(37-54-57(51,52)55-38-41(45)44(49)50)56-43(48)35-31-27-24-21-18-15-16-19-22-25-29-33-39(46)32-28-6-4-2/h9-10,12-13,15-16,21-22,24-25,29,33,39-41,46H,3-8,11,14,17-20,23,26-28,30-32,34-38,45H2,1-2H3,(H,49,50)(H,51,52)/b10-9-,13-12-,16-15-,24-21-,25-22-,33-29+/t39-,40+,41-/m0/s1. The van der Waals surface area contributed by atoms with E-state index in [1.807, 2.05) is 48.6 Å². The number of rotatable bonds is 38. The summed E-state index contributed by atoms with van der Waals surface area (Å²) < 4.78 is 32.6. The van der Waals surface area contributed by atoms with Crippen molar-refractivity contribution in [1.82, 2.24) is 0 Å². The van der Waals surface area contributed by atoms with Gasteiger partial charge < -0.3 is 30.3 Å². The highest BCUT2D eigenvalue weighted by molar-refractivity contribution is 7.47. The molecule has 326 valence electrons. The second-order valence-corrected chi connectivity index (χ2v) is 15.4. The molecule has 5 N–H and O–H groups in total. The van der Waals surface area contributed by atoms with Gasteiger partial charge in [-0.05, 0) is 70.6 Å². The zero-order valence-electron chi connectivity index (χ0n) is 34.8. The van der Waals surface area contributed by atoms with Gasteiger partial charge in [0.1, 0.15) is 12.6 Å². The molecule has 0 aromatic heterocycles. The van der Waals surface area contributed by atoms with Crippen molar-refractivity contribution < 1.29 is 52.6 Å². The highest BCUT2D eigenvalue weighted by Crippen LogP contribution is 2.43. The van der Waals surface area contributed by atoms with Crippen LogP contribution in [-0.2, 0) is 37.5 Å². The van der Waals surface area contributed by atoms with Gasteiger partial charge in [0, 0.05) is 12.8 Å². The lowest BCUT2D eigenvalue weighted by atomic mass is 10.1. The van der Waals surface area contributed by atoms with E-state index in [-0.39, 0.29) is 12.8 Å². The number of unbranched alkanes of at least 4 members (excludes halogenated alkanes) is 11. The van der Waals surface area contributed by atoms with Crippen molar-refractivity contribution in [2.45, 2.75) is 167 Å². The number of carboxylic acids is 1. The number of carboxylic acid groups (broad SMARTS) is 1. The third-order valence-corrected chi connectivity index (χ3v) is 9.48.